The molecule has 1 aliphatic heterocycles. The normalized spacial score (nSPS) is 23.3. The molecule has 2 fully saturated rings. The van der Waals surface area contributed by atoms with Crippen molar-refractivity contribution in [1.82, 2.24) is 15.8 Å². The topological polar surface area (TPSA) is 118 Å². The molecule has 2 aliphatic rings. The van der Waals surface area contributed by atoms with Crippen LogP contribution in [0.3, 0.4) is 0 Å². The molecule has 1 saturated carbocycles. The van der Waals surface area contributed by atoms with E-state index in [1.807, 2.05) is 0 Å². The number of imide groups is 1. The van der Waals surface area contributed by atoms with Crippen LogP contribution in [-0.4, -0.2) is 41.0 Å². The quantitative estimate of drug-likeness (QED) is 0.549. The maximum absolute atomic E-state index is 12.8. The van der Waals surface area contributed by atoms with Crippen molar-refractivity contribution in [2.75, 3.05) is 6.61 Å². The van der Waals surface area contributed by atoms with Crippen LogP contribution in [0.1, 0.15) is 48.7 Å². The average Bonchev–Trinajstić information content (AvgIpc) is 3.18. The molecule has 164 valence electrons. The van der Waals surface area contributed by atoms with Gasteiger partial charge in [0.25, 0.3) is 11.8 Å². The number of aryl methyl sites for hydroxylation is 1. The first-order valence-corrected chi connectivity index (χ1v) is 10.4. The van der Waals surface area contributed by atoms with Crippen LogP contribution < -0.4 is 10.7 Å². The molecule has 0 radical (unpaired) electrons. The monoisotopic (exact) mass is 447 g/mol. The number of amides is 4. The molecule has 1 aliphatic carbocycles. The summed E-state index contributed by atoms with van der Waals surface area (Å²) in [5.74, 6) is -1.70. The lowest BCUT2D eigenvalue weighted by atomic mass is 9.77. The highest BCUT2D eigenvalue weighted by molar-refractivity contribution is 6.31. The van der Waals surface area contributed by atoms with Crippen molar-refractivity contribution in [2.45, 2.75) is 45.1 Å². The highest BCUT2D eigenvalue weighted by Gasteiger charge is 2.52. The molecule has 1 aromatic heterocycles. The van der Waals surface area contributed by atoms with Gasteiger partial charge in [-0.1, -0.05) is 18.5 Å². The van der Waals surface area contributed by atoms with Crippen LogP contribution >= 0.6 is 11.6 Å². The molecule has 31 heavy (non-hydrogen) atoms. The summed E-state index contributed by atoms with van der Waals surface area (Å²) in [5, 5.41) is 4.53. The number of fused-ring (bicyclic) bond motifs is 1. The lowest BCUT2D eigenvalue weighted by molar-refractivity contribution is -0.141. The second-order valence-corrected chi connectivity index (χ2v) is 8.58. The van der Waals surface area contributed by atoms with Crippen LogP contribution in [0.5, 0.6) is 0 Å². The third-order valence-electron chi connectivity index (χ3n) is 5.94. The molecule has 4 amide bonds. The minimum Gasteiger partial charge on any atom is -0.450 e. The number of benzene rings is 1. The van der Waals surface area contributed by atoms with E-state index >= 15 is 0 Å². The minimum atomic E-state index is -0.972. The van der Waals surface area contributed by atoms with E-state index in [0.29, 0.717) is 45.3 Å². The number of furan rings is 1. The summed E-state index contributed by atoms with van der Waals surface area (Å²) in [4.78, 5) is 49.6. The molecular weight excluding hydrogens is 426 g/mol. The summed E-state index contributed by atoms with van der Waals surface area (Å²) in [6, 6.07) is 4.24. The third-order valence-corrected chi connectivity index (χ3v) is 6.18. The molecule has 2 heterocycles. The number of carbonyl (C=O) groups excluding carboxylic acids is 4. The summed E-state index contributed by atoms with van der Waals surface area (Å²) >= 11 is 5.97. The fourth-order valence-electron chi connectivity index (χ4n) is 4.06. The molecule has 0 atom stereocenters. The molecule has 0 bridgehead atoms. The van der Waals surface area contributed by atoms with Gasteiger partial charge in [0.05, 0.1) is 0 Å². The van der Waals surface area contributed by atoms with Crippen molar-refractivity contribution in [2.24, 2.45) is 5.92 Å². The molecule has 9 nitrogen and oxygen atoms in total. The van der Waals surface area contributed by atoms with Gasteiger partial charge >= 0.3 is 12.0 Å². The van der Waals surface area contributed by atoms with Crippen molar-refractivity contribution in [3.8, 4) is 0 Å². The molecule has 2 N–H and O–H groups in total. The number of hydrazine groups is 1. The summed E-state index contributed by atoms with van der Waals surface area (Å²) in [6.07, 6.45) is 2.67. The zero-order valence-electron chi connectivity index (χ0n) is 17.1. The summed E-state index contributed by atoms with van der Waals surface area (Å²) in [5.41, 5.74) is 2.25. The SMILES string of the molecule is Cc1c(C(=O)OCC(=O)NN2C(=O)NC3(CCC(C)CC3)C2=O)oc2ccc(Cl)cc12. The number of urea groups is 1. The molecule has 1 aromatic carbocycles. The van der Waals surface area contributed by atoms with E-state index in [0.717, 1.165) is 12.8 Å². The second-order valence-electron chi connectivity index (χ2n) is 8.14. The number of esters is 1. The van der Waals surface area contributed by atoms with Gasteiger partial charge in [-0.2, -0.15) is 5.01 Å². The van der Waals surface area contributed by atoms with Crippen LogP contribution in [0, 0.1) is 12.8 Å². The number of rotatable bonds is 4. The summed E-state index contributed by atoms with van der Waals surface area (Å²) in [6.45, 7) is 3.09. The standard InChI is InChI=1S/C21H22ClN3O6/c1-11-5-7-21(8-6-11)19(28)25(20(29)23-21)24-16(26)10-30-18(27)17-12(2)14-9-13(22)3-4-15(14)31-17/h3-4,9,11H,5-8,10H2,1-2H3,(H,23,29)(H,24,26). The largest absolute Gasteiger partial charge is 0.450 e. The Morgan fingerprint density at radius 3 is 2.74 bits per heavy atom. The number of hydrogen-bond donors (Lipinski definition) is 2. The van der Waals surface area contributed by atoms with Crippen LogP contribution in [0.2, 0.25) is 5.02 Å². The van der Waals surface area contributed by atoms with Crippen molar-refractivity contribution < 1.29 is 28.3 Å². The van der Waals surface area contributed by atoms with Crippen molar-refractivity contribution in [3.63, 3.8) is 0 Å². The number of hydrogen-bond acceptors (Lipinski definition) is 6. The Balaban J connectivity index is 1.37. The fourth-order valence-corrected chi connectivity index (χ4v) is 4.23. The van der Waals surface area contributed by atoms with Gasteiger partial charge in [-0.3, -0.25) is 15.0 Å². The molecule has 0 unspecified atom stereocenters. The van der Waals surface area contributed by atoms with E-state index < -0.39 is 36.0 Å². The Morgan fingerprint density at radius 1 is 1.32 bits per heavy atom. The van der Waals surface area contributed by atoms with E-state index in [1.54, 1.807) is 25.1 Å². The van der Waals surface area contributed by atoms with E-state index in [9.17, 15) is 19.2 Å². The predicted molar refractivity (Wildman–Crippen MR) is 110 cm³/mol. The van der Waals surface area contributed by atoms with E-state index in [2.05, 4.69) is 17.7 Å². The van der Waals surface area contributed by atoms with Gasteiger partial charge in [0, 0.05) is 16.0 Å². The third kappa shape index (κ3) is 3.85. The minimum absolute atomic E-state index is 0.0460. The summed E-state index contributed by atoms with van der Waals surface area (Å²) in [7, 11) is 0. The molecule has 1 spiro atoms. The predicted octanol–water partition coefficient (Wildman–Crippen LogP) is 3.08. The first-order valence-electron chi connectivity index (χ1n) is 10.0. The van der Waals surface area contributed by atoms with Gasteiger partial charge < -0.3 is 14.5 Å². The van der Waals surface area contributed by atoms with Gasteiger partial charge in [0.2, 0.25) is 5.76 Å². The van der Waals surface area contributed by atoms with Gasteiger partial charge in [-0.05, 0) is 56.7 Å². The first-order chi connectivity index (χ1) is 14.7. The summed E-state index contributed by atoms with van der Waals surface area (Å²) < 4.78 is 10.5. The van der Waals surface area contributed by atoms with Gasteiger partial charge in [-0.15, -0.1) is 0 Å². The maximum atomic E-state index is 12.8. The number of ether oxygens (including phenoxy) is 1. The molecular formula is C21H22ClN3O6. The number of nitrogens with one attached hydrogen (secondary N) is 2. The molecule has 2 aromatic rings. The maximum Gasteiger partial charge on any atom is 0.375 e. The van der Waals surface area contributed by atoms with E-state index in [-0.39, 0.29) is 5.76 Å². The van der Waals surface area contributed by atoms with Crippen LogP contribution in [-0.2, 0) is 14.3 Å². The average molecular weight is 448 g/mol. The lowest BCUT2D eigenvalue weighted by Crippen LogP contribution is -2.52. The molecule has 10 heteroatoms. The van der Waals surface area contributed by atoms with Crippen molar-refractivity contribution >= 4 is 46.4 Å². The van der Waals surface area contributed by atoms with Gasteiger partial charge in [-0.25, -0.2) is 9.59 Å². The van der Waals surface area contributed by atoms with E-state index in [4.69, 9.17) is 20.8 Å². The Labute approximate surface area is 183 Å². The first kappa shape index (κ1) is 21.2. The van der Waals surface area contributed by atoms with Crippen LogP contribution in [0.25, 0.3) is 11.0 Å². The van der Waals surface area contributed by atoms with E-state index in [1.165, 1.54) is 0 Å². The zero-order valence-corrected chi connectivity index (χ0v) is 17.9. The Bertz CT molecular complexity index is 1090. The van der Waals surface area contributed by atoms with Crippen LogP contribution in [0.15, 0.2) is 22.6 Å². The second kappa shape index (κ2) is 7.88. The zero-order chi connectivity index (χ0) is 22.3. The Kier molecular flexibility index (Phi) is 5.38. The fraction of sp³-hybridized carbons (Fsp3) is 0.429. The molecule has 1 saturated heterocycles. The highest BCUT2D eigenvalue weighted by Crippen LogP contribution is 2.35. The smallest absolute Gasteiger partial charge is 0.375 e. The van der Waals surface area contributed by atoms with Crippen LogP contribution in [0.4, 0.5) is 4.79 Å². The number of nitrogens with zero attached hydrogens (tertiary/aromatic N) is 1. The number of carbonyl (C=O) groups is 4. The highest BCUT2D eigenvalue weighted by atomic mass is 35.5. The number of halogens is 1. The Morgan fingerprint density at radius 2 is 2.03 bits per heavy atom. The Hall–Kier alpha value is -3.07. The van der Waals surface area contributed by atoms with Crippen molar-refractivity contribution in [3.05, 3.63) is 34.5 Å². The van der Waals surface area contributed by atoms with Crippen molar-refractivity contribution in [1.29, 1.82) is 0 Å². The van der Waals surface area contributed by atoms with Gasteiger partial charge in [0.15, 0.2) is 6.61 Å². The molecule has 4 rings (SSSR count). The lowest BCUT2D eigenvalue weighted by Gasteiger charge is -2.33. The van der Waals surface area contributed by atoms with Gasteiger partial charge in [0.1, 0.15) is 11.1 Å².